The molecule has 2 rings (SSSR count). The normalized spacial score (nSPS) is 10.1. The number of aromatic nitrogens is 1. The van der Waals surface area contributed by atoms with Crippen molar-refractivity contribution in [3.8, 4) is 17.2 Å². The lowest BCUT2D eigenvalue weighted by Crippen LogP contribution is -1.89. The maximum atomic E-state index is 9.14. The highest BCUT2D eigenvalue weighted by Gasteiger charge is 2.01. The number of benzene rings is 1. The summed E-state index contributed by atoms with van der Waals surface area (Å²) in [4.78, 5) is 4.24. The number of phenols is 1. The van der Waals surface area contributed by atoms with Gasteiger partial charge in [-0.05, 0) is 69.4 Å². The van der Waals surface area contributed by atoms with Gasteiger partial charge in [-0.25, -0.2) is 4.98 Å². The molecule has 1 aromatic heterocycles. The van der Waals surface area contributed by atoms with Crippen LogP contribution in [0.2, 0.25) is 0 Å². The molecule has 0 saturated carbocycles. The minimum absolute atomic E-state index is 0.228. The summed E-state index contributed by atoms with van der Waals surface area (Å²) in [6.45, 7) is 0. The van der Waals surface area contributed by atoms with Gasteiger partial charge < -0.3 is 9.84 Å². The monoisotopic (exact) mass is 439 g/mol. The van der Waals surface area contributed by atoms with Gasteiger partial charge in [0.25, 0.3) is 0 Å². The van der Waals surface area contributed by atoms with Gasteiger partial charge in [0.15, 0.2) is 0 Å². The van der Waals surface area contributed by atoms with E-state index in [2.05, 4.69) is 50.2 Å². The highest BCUT2D eigenvalue weighted by atomic mass is 127. The van der Waals surface area contributed by atoms with Gasteiger partial charge in [0, 0.05) is 12.1 Å². The summed E-state index contributed by atoms with van der Waals surface area (Å²) in [5.74, 6) is 1.66. The molecule has 0 saturated heterocycles. The molecule has 0 unspecified atom stereocenters. The molecule has 2 aromatic rings. The lowest BCUT2D eigenvalue weighted by molar-refractivity contribution is 0.463. The molecule has 0 aliphatic heterocycles. The summed E-state index contributed by atoms with van der Waals surface area (Å²) in [5, 5.41) is 9.14. The second kappa shape index (κ2) is 5.17. The molecule has 0 atom stereocenters. The molecule has 1 N–H and O–H groups in total. The van der Waals surface area contributed by atoms with E-state index in [1.807, 2.05) is 12.1 Å². The van der Waals surface area contributed by atoms with Crippen LogP contribution in [0.1, 0.15) is 0 Å². The molecule has 0 amide bonds. The van der Waals surface area contributed by atoms with E-state index in [0.717, 1.165) is 13.2 Å². The van der Waals surface area contributed by atoms with Gasteiger partial charge in [0.1, 0.15) is 24.6 Å². The number of hydrogen-bond donors (Lipinski definition) is 1. The summed E-state index contributed by atoms with van der Waals surface area (Å²) in [6.07, 6.45) is 0. The van der Waals surface area contributed by atoms with E-state index < -0.39 is 0 Å². The number of phenolic OH excluding ortho intramolecular Hbond substituents is 1. The average molecular weight is 439 g/mol. The molecule has 1 aromatic carbocycles. The molecule has 0 bridgehead atoms. The first-order valence-corrected chi connectivity index (χ1v) is 6.59. The fourth-order valence-corrected chi connectivity index (χ4v) is 2.75. The predicted molar refractivity (Wildman–Crippen MR) is 77.9 cm³/mol. The average Bonchev–Trinajstić information content (AvgIpc) is 2.20. The molecule has 16 heavy (non-hydrogen) atoms. The Bertz CT molecular complexity index is 480. The van der Waals surface area contributed by atoms with Crippen molar-refractivity contribution in [2.24, 2.45) is 0 Å². The zero-order valence-corrected chi connectivity index (χ0v) is 12.3. The van der Waals surface area contributed by atoms with Crippen molar-refractivity contribution in [3.63, 3.8) is 0 Å². The van der Waals surface area contributed by atoms with E-state index in [-0.39, 0.29) is 5.75 Å². The van der Waals surface area contributed by atoms with Crippen LogP contribution in [0.3, 0.4) is 0 Å². The minimum Gasteiger partial charge on any atom is -0.508 e. The van der Waals surface area contributed by atoms with Gasteiger partial charge in [0.2, 0.25) is 0 Å². The highest BCUT2D eigenvalue weighted by molar-refractivity contribution is 14.1. The molecule has 0 aliphatic carbocycles. The Morgan fingerprint density at radius 3 is 2.06 bits per heavy atom. The second-order valence-corrected chi connectivity index (χ2v) is 5.25. The number of halogens is 2. The van der Waals surface area contributed by atoms with Gasteiger partial charge in [-0.3, -0.25) is 0 Å². The van der Waals surface area contributed by atoms with E-state index in [1.54, 1.807) is 24.3 Å². The lowest BCUT2D eigenvalue weighted by atomic mass is 10.3. The smallest absolute Gasteiger partial charge is 0.132 e. The van der Waals surface area contributed by atoms with Crippen LogP contribution < -0.4 is 4.74 Å². The molecule has 0 radical (unpaired) electrons. The van der Waals surface area contributed by atoms with Crippen LogP contribution in [0.25, 0.3) is 0 Å². The number of pyridine rings is 1. The van der Waals surface area contributed by atoms with Crippen molar-refractivity contribution in [2.45, 2.75) is 0 Å². The molecule has 0 fully saturated rings. The summed E-state index contributed by atoms with van der Waals surface area (Å²) in [7, 11) is 0. The maximum Gasteiger partial charge on any atom is 0.132 e. The van der Waals surface area contributed by atoms with Crippen LogP contribution in [0, 0.1) is 7.40 Å². The van der Waals surface area contributed by atoms with E-state index in [0.29, 0.717) is 5.75 Å². The maximum absolute atomic E-state index is 9.14. The molecule has 0 aliphatic rings. The molecule has 3 nitrogen and oxygen atoms in total. The van der Waals surface area contributed by atoms with Crippen LogP contribution in [0.15, 0.2) is 36.4 Å². The lowest BCUT2D eigenvalue weighted by Gasteiger charge is -2.06. The second-order valence-electron chi connectivity index (χ2n) is 3.04. The quantitative estimate of drug-likeness (QED) is 0.573. The summed E-state index contributed by atoms with van der Waals surface area (Å²) in [6, 6.07) is 10.3. The zero-order chi connectivity index (χ0) is 11.5. The zero-order valence-electron chi connectivity index (χ0n) is 8.02. The van der Waals surface area contributed by atoms with Crippen LogP contribution in [0.4, 0.5) is 0 Å². The van der Waals surface area contributed by atoms with Crippen LogP contribution in [-0.4, -0.2) is 10.1 Å². The molecular weight excluding hydrogens is 432 g/mol. The molecule has 0 spiro atoms. The van der Waals surface area contributed by atoms with E-state index in [1.165, 1.54) is 0 Å². The van der Waals surface area contributed by atoms with Gasteiger partial charge in [-0.2, -0.15) is 0 Å². The van der Waals surface area contributed by atoms with Gasteiger partial charge in [-0.15, -0.1) is 0 Å². The number of rotatable bonds is 2. The summed E-state index contributed by atoms with van der Waals surface area (Å²) in [5.41, 5.74) is 0. The molecule has 1 heterocycles. The number of aromatic hydroxyl groups is 1. The largest absolute Gasteiger partial charge is 0.508 e. The van der Waals surface area contributed by atoms with Crippen molar-refractivity contribution in [3.05, 3.63) is 43.8 Å². The van der Waals surface area contributed by atoms with E-state index in [9.17, 15) is 0 Å². The summed E-state index contributed by atoms with van der Waals surface area (Å²) >= 11 is 4.29. The SMILES string of the molecule is Oc1ccc(Oc2cc(I)nc(I)c2)cc1. The fourth-order valence-electron chi connectivity index (χ4n) is 1.15. The highest BCUT2D eigenvalue weighted by Crippen LogP contribution is 2.25. The standard InChI is InChI=1S/C11H7I2NO2/c12-10-5-9(6-11(13)14-10)16-8-3-1-7(15)2-4-8/h1-6,15H. The number of nitrogens with zero attached hydrogens (tertiary/aromatic N) is 1. The number of ether oxygens (including phenoxy) is 1. The first-order valence-electron chi connectivity index (χ1n) is 4.43. The molecule has 5 heteroatoms. The molecular formula is C11H7I2NO2. The van der Waals surface area contributed by atoms with Crippen molar-refractivity contribution in [2.75, 3.05) is 0 Å². The first-order chi connectivity index (χ1) is 7.63. The third kappa shape index (κ3) is 3.21. The van der Waals surface area contributed by atoms with Gasteiger partial charge in [0.05, 0.1) is 0 Å². The van der Waals surface area contributed by atoms with E-state index >= 15 is 0 Å². The van der Waals surface area contributed by atoms with Crippen molar-refractivity contribution in [1.29, 1.82) is 0 Å². The Hall–Kier alpha value is -0.570. The fraction of sp³-hybridized carbons (Fsp3) is 0. The van der Waals surface area contributed by atoms with E-state index in [4.69, 9.17) is 9.84 Å². The Balaban J connectivity index is 2.23. The first kappa shape index (κ1) is 11.9. The summed E-state index contributed by atoms with van der Waals surface area (Å²) < 4.78 is 7.41. The minimum atomic E-state index is 0.228. The topological polar surface area (TPSA) is 42.4 Å². The Morgan fingerprint density at radius 2 is 1.50 bits per heavy atom. The van der Waals surface area contributed by atoms with Crippen LogP contribution in [0.5, 0.6) is 17.2 Å². The van der Waals surface area contributed by atoms with Crippen LogP contribution >= 0.6 is 45.2 Å². The Kier molecular flexibility index (Phi) is 3.85. The van der Waals surface area contributed by atoms with Crippen molar-refractivity contribution in [1.82, 2.24) is 4.98 Å². The van der Waals surface area contributed by atoms with Gasteiger partial charge in [-0.1, -0.05) is 0 Å². The third-order valence-corrected chi connectivity index (χ3v) is 2.91. The van der Waals surface area contributed by atoms with Crippen molar-refractivity contribution >= 4 is 45.2 Å². The number of hydrogen-bond acceptors (Lipinski definition) is 3. The molecule has 82 valence electrons. The van der Waals surface area contributed by atoms with Crippen molar-refractivity contribution < 1.29 is 9.84 Å². The third-order valence-electron chi connectivity index (χ3n) is 1.81. The Labute approximate surface area is 120 Å². The Morgan fingerprint density at radius 1 is 0.938 bits per heavy atom. The van der Waals surface area contributed by atoms with Crippen LogP contribution in [-0.2, 0) is 0 Å². The predicted octanol–water partition coefficient (Wildman–Crippen LogP) is 3.79. The van der Waals surface area contributed by atoms with Gasteiger partial charge >= 0.3 is 0 Å².